The van der Waals surface area contributed by atoms with Gasteiger partial charge in [0, 0.05) is 37.8 Å². The Balaban J connectivity index is 1.34. The summed E-state index contributed by atoms with van der Waals surface area (Å²) in [6, 6.07) is 9.41. The van der Waals surface area contributed by atoms with E-state index in [9.17, 15) is 4.79 Å². The maximum Gasteiger partial charge on any atom is 0.319 e. The van der Waals surface area contributed by atoms with Crippen LogP contribution in [0.25, 0.3) is 0 Å². The van der Waals surface area contributed by atoms with Crippen LogP contribution in [0.5, 0.6) is 0 Å². The number of rotatable bonds is 9. The molecule has 1 aromatic heterocycles. The van der Waals surface area contributed by atoms with Gasteiger partial charge in [0.2, 0.25) is 0 Å². The minimum atomic E-state index is -0.205. The van der Waals surface area contributed by atoms with Crippen LogP contribution in [-0.4, -0.2) is 41.7 Å². The molecule has 2 aromatic rings. The van der Waals surface area contributed by atoms with Crippen molar-refractivity contribution >= 4 is 11.7 Å². The minimum Gasteiger partial charge on any atom is -0.376 e. The molecule has 2 amide bonds. The lowest BCUT2D eigenvalue weighted by atomic mass is 10.1. The van der Waals surface area contributed by atoms with Gasteiger partial charge in [0.05, 0.1) is 19.3 Å². The number of carbonyl (C=O) groups excluding carboxylic acids is 1. The second kappa shape index (κ2) is 10.7. The molecule has 1 aliphatic heterocycles. The monoisotopic (exact) mass is 372 g/mol. The Morgan fingerprint density at radius 1 is 1.33 bits per heavy atom. The van der Waals surface area contributed by atoms with E-state index >= 15 is 0 Å². The van der Waals surface area contributed by atoms with Crippen LogP contribution in [-0.2, 0) is 22.6 Å². The molecule has 0 aliphatic carbocycles. The van der Waals surface area contributed by atoms with Crippen LogP contribution in [0.2, 0.25) is 0 Å². The maximum atomic E-state index is 12.0. The highest BCUT2D eigenvalue weighted by Gasteiger charge is 2.13. The zero-order chi connectivity index (χ0) is 18.7. The summed E-state index contributed by atoms with van der Waals surface area (Å²) < 4.78 is 13.3. The second-order valence-electron chi connectivity index (χ2n) is 6.71. The van der Waals surface area contributed by atoms with Gasteiger partial charge in [-0.3, -0.25) is 4.68 Å². The van der Waals surface area contributed by atoms with Crippen LogP contribution in [0.1, 0.15) is 31.2 Å². The van der Waals surface area contributed by atoms with Gasteiger partial charge in [-0.1, -0.05) is 12.1 Å². The quantitative estimate of drug-likeness (QED) is 0.663. The predicted molar refractivity (Wildman–Crippen MR) is 104 cm³/mol. The van der Waals surface area contributed by atoms with E-state index in [2.05, 4.69) is 15.7 Å². The summed E-state index contributed by atoms with van der Waals surface area (Å²) in [4.78, 5) is 12.0. The fourth-order valence-electron chi connectivity index (χ4n) is 3.04. The number of aryl methyl sites for hydroxylation is 1. The SMILES string of the molecule is O=C(NCCCn1cccn1)Nc1cccc(COCC2CCCCO2)c1. The standard InChI is InChI=1S/C20H28N4O3/c25-20(21-9-4-11-24-12-5-10-22-24)23-18-7-3-6-17(14-18)15-26-16-19-8-1-2-13-27-19/h3,5-7,10,12,14,19H,1-2,4,8-9,11,13,15-16H2,(H2,21,23,25). The number of hydrogen-bond acceptors (Lipinski definition) is 4. The molecule has 1 unspecified atom stereocenters. The molecule has 7 nitrogen and oxygen atoms in total. The van der Waals surface area contributed by atoms with Crippen LogP contribution in [0.15, 0.2) is 42.7 Å². The Labute approximate surface area is 160 Å². The summed E-state index contributed by atoms with van der Waals surface area (Å²) >= 11 is 0. The van der Waals surface area contributed by atoms with E-state index < -0.39 is 0 Å². The number of aromatic nitrogens is 2. The van der Waals surface area contributed by atoms with Gasteiger partial charge in [0.25, 0.3) is 0 Å². The van der Waals surface area contributed by atoms with E-state index in [1.165, 1.54) is 6.42 Å². The third-order valence-corrected chi connectivity index (χ3v) is 4.44. The van der Waals surface area contributed by atoms with Crippen molar-refractivity contribution in [3.05, 3.63) is 48.3 Å². The largest absolute Gasteiger partial charge is 0.376 e. The molecule has 7 heteroatoms. The first-order valence-electron chi connectivity index (χ1n) is 9.60. The Bertz CT molecular complexity index is 684. The lowest BCUT2D eigenvalue weighted by molar-refractivity contribution is -0.0447. The normalized spacial score (nSPS) is 16.8. The summed E-state index contributed by atoms with van der Waals surface area (Å²) in [7, 11) is 0. The summed E-state index contributed by atoms with van der Waals surface area (Å²) in [5.74, 6) is 0. The number of carbonyl (C=O) groups is 1. The minimum absolute atomic E-state index is 0.205. The molecule has 1 aromatic carbocycles. The Morgan fingerprint density at radius 3 is 3.11 bits per heavy atom. The van der Waals surface area contributed by atoms with Crippen molar-refractivity contribution < 1.29 is 14.3 Å². The first-order chi connectivity index (χ1) is 13.3. The van der Waals surface area contributed by atoms with Gasteiger partial charge in [0.15, 0.2) is 0 Å². The fraction of sp³-hybridized carbons (Fsp3) is 0.500. The van der Waals surface area contributed by atoms with Gasteiger partial charge in [-0.05, 0) is 49.4 Å². The molecule has 27 heavy (non-hydrogen) atoms. The van der Waals surface area contributed by atoms with E-state index in [4.69, 9.17) is 9.47 Å². The molecule has 1 atom stereocenters. The van der Waals surface area contributed by atoms with E-state index in [0.717, 1.165) is 43.7 Å². The third-order valence-electron chi connectivity index (χ3n) is 4.44. The van der Waals surface area contributed by atoms with Crippen molar-refractivity contribution in [2.45, 2.75) is 44.9 Å². The second-order valence-corrected chi connectivity index (χ2v) is 6.71. The zero-order valence-electron chi connectivity index (χ0n) is 15.6. The highest BCUT2D eigenvalue weighted by Crippen LogP contribution is 2.15. The number of nitrogens with zero attached hydrogens (tertiary/aromatic N) is 2. The number of benzene rings is 1. The highest BCUT2D eigenvalue weighted by molar-refractivity contribution is 5.89. The van der Waals surface area contributed by atoms with Gasteiger partial charge in [-0.25, -0.2) is 4.79 Å². The molecule has 0 spiro atoms. The van der Waals surface area contributed by atoms with Crippen LogP contribution < -0.4 is 10.6 Å². The number of amides is 2. The van der Waals surface area contributed by atoms with Crippen molar-refractivity contribution in [3.8, 4) is 0 Å². The highest BCUT2D eigenvalue weighted by atomic mass is 16.5. The van der Waals surface area contributed by atoms with Crippen molar-refractivity contribution in [1.82, 2.24) is 15.1 Å². The van der Waals surface area contributed by atoms with E-state index in [1.54, 1.807) is 6.20 Å². The molecular weight excluding hydrogens is 344 g/mol. The lowest BCUT2D eigenvalue weighted by Gasteiger charge is -2.22. The maximum absolute atomic E-state index is 12.0. The van der Waals surface area contributed by atoms with E-state index in [0.29, 0.717) is 19.8 Å². The number of urea groups is 1. The van der Waals surface area contributed by atoms with Gasteiger partial charge in [-0.15, -0.1) is 0 Å². The molecule has 3 rings (SSSR count). The molecule has 1 fully saturated rings. The average Bonchev–Trinajstić information content (AvgIpc) is 3.20. The first-order valence-corrected chi connectivity index (χ1v) is 9.60. The fourth-order valence-corrected chi connectivity index (χ4v) is 3.04. The van der Waals surface area contributed by atoms with Crippen molar-refractivity contribution in [3.63, 3.8) is 0 Å². The van der Waals surface area contributed by atoms with Crippen LogP contribution >= 0.6 is 0 Å². The first kappa shape index (κ1) is 19.4. The molecule has 146 valence electrons. The lowest BCUT2D eigenvalue weighted by Crippen LogP contribution is -2.30. The molecule has 1 aliphatic rings. The summed E-state index contributed by atoms with van der Waals surface area (Å²) in [6.45, 7) is 3.35. The zero-order valence-corrected chi connectivity index (χ0v) is 15.6. The third kappa shape index (κ3) is 7.03. The van der Waals surface area contributed by atoms with Crippen molar-refractivity contribution in [2.24, 2.45) is 0 Å². The van der Waals surface area contributed by atoms with Crippen LogP contribution in [0.3, 0.4) is 0 Å². The number of anilines is 1. The molecule has 1 saturated heterocycles. The van der Waals surface area contributed by atoms with Crippen LogP contribution in [0, 0.1) is 0 Å². The Morgan fingerprint density at radius 2 is 2.30 bits per heavy atom. The molecular formula is C20H28N4O3. The topological polar surface area (TPSA) is 77.4 Å². The molecule has 2 heterocycles. The average molecular weight is 372 g/mol. The van der Waals surface area contributed by atoms with E-state index in [-0.39, 0.29) is 12.1 Å². The summed E-state index contributed by atoms with van der Waals surface area (Å²) in [5, 5.41) is 9.86. The molecule has 0 bridgehead atoms. The van der Waals surface area contributed by atoms with Crippen molar-refractivity contribution in [2.75, 3.05) is 25.1 Å². The molecule has 0 radical (unpaired) electrons. The Hall–Kier alpha value is -2.38. The van der Waals surface area contributed by atoms with E-state index in [1.807, 2.05) is 41.2 Å². The van der Waals surface area contributed by atoms with Crippen molar-refractivity contribution in [1.29, 1.82) is 0 Å². The van der Waals surface area contributed by atoms with Gasteiger partial charge in [-0.2, -0.15) is 5.10 Å². The molecule has 2 N–H and O–H groups in total. The van der Waals surface area contributed by atoms with Gasteiger partial charge < -0.3 is 20.1 Å². The smallest absolute Gasteiger partial charge is 0.319 e. The summed E-state index contributed by atoms with van der Waals surface area (Å²) in [5.41, 5.74) is 1.79. The van der Waals surface area contributed by atoms with Gasteiger partial charge in [0.1, 0.15) is 0 Å². The van der Waals surface area contributed by atoms with Crippen LogP contribution in [0.4, 0.5) is 10.5 Å². The number of nitrogens with one attached hydrogen (secondary N) is 2. The number of ether oxygens (including phenoxy) is 2. The predicted octanol–water partition coefficient (Wildman–Crippen LogP) is 3.18. The molecule has 0 saturated carbocycles. The summed E-state index contributed by atoms with van der Waals surface area (Å²) in [6.07, 6.45) is 8.13. The van der Waals surface area contributed by atoms with Gasteiger partial charge >= 0.3 is 6.03 Å². The Kier molecular flexibility index (Phi) is 7.68. The number of hydrogen-bond donors (Lipinski definition) is 2.